The van der Waals surface area contributed by atoms with Gasteiger partial charge in [0.15, 0.2) is 0 Å². The molecule has 4 nitrogen and oxygen atoms in total. The molecule has 104 valence electrons. The van der Waals surface area contributed by atoms with Gasteiger partial charge in [-0.25, -0.2) is 0 Å². The molecule has 1 aliphatic rings. The molecule has 0 bridgehead atoms. The number of amides is 1. The molecule has 1 aliphatic carbocycles. The zero-order valence-corrected chi connectivity index (χ0v) is 11.9. The highest BCUT2D eigenvalue weighted by atomic mass is 16.2. The van der Waals surface area contributed by atoms with Crippen molar-refractivity contribution in [3.63, 3.8) is 0 Å². The number of nitrogen functional groups attached to an aromatic ring is 1. The van der Waals surface area contributed by atoms with Crippen molar-refractivity contribution in [2.75, 3.05) is 25.1 Å². The third kappa shape index (κ3) is 3.63. The van der Waals surface area contributed by atoms with E-state index in [0.717, 1.165) is 11.6 Å². The molecule has 0 saturated heterocycles. The maximum atomic E-state index is 11.8. The van der Waals surface area contributed by atoms with Gasteiger partial charge in [-0.1, -0.05) is 12.8 Å². The van der Waals surface area contributed by atoms with E-state index in [1.54, 1.807) is 25.1 Å². The van der Waals surface area contributed by atoms with E-state index in [1.807, 2.05) is 12.1 Å². The average Bonchev–Trinajstić information content (AvgIpc) is 3.14. The highest BCUT2D eigenvalue weighted by Crippen LogP contribution is 2.34. The number of nitrogens with two attached hydrogens (primary N) is 1. The third-order valence-electron chi connectivity index (χ3n) is 3.49. The van der Waals surface area contributed by atoms with Crippen LogP contribution in [0.3, 0.4) is 0 Å². The summed E-state index contributed by atoms with van der Waals surface area (Å²) in [6.07, 6.45) is 3.91. The Morgan fingerprint density at radius 2 is 2.16 bits per heavy atom. The number of nitrogens with one attached hydrogen (secondary N) is 1. The van der Waals surface area contributed by atoms with Gasteiger partial charge >= 0.3 is 0 Å². The van der Waals surface area contributed by atoms with E-state index in [2.05, 4.69) is 12.2 Å². The molecule has 0 aliphatic heterocycles. The Balaban J connectivity index is 2.03. The van der Waals surface area contributed by atoms with Crippen molar-refractivity contribution >= 4 is 17.3 Å². The minimum atomic E-state index is -0.0238. The van der Waals surface area contributed by atoms with E-state index in [0.29, 0.717) is 17.3 Å². The maximum absolute atomic E-state index is 11.8. The Morgan fingerprint density at radius 1 is 1.47 bits per heavy atom. The first-order valence-corrected chi connectivity index (χ1v) is 6.85. The van der Waals surface area contributed by atoms with Crippen LogP contribution in [0.1, 0.15) is 36.5 Å². The predicted molar refractivity (Wildman–Crippen MR) is 79.3 cm³/mol. The summed E-state index contributed by atoms with van der Waals surface area (Å²) >= 11 is 0. The second-order valence-corrected chi connectivity index (χ2v) is 5.73. The predicted octanol–water partition coefficient (Wildman–Crippen LogP) is 2.57. The fourth-order valence-electron chi connectivity index (χ4n) is 2.26. The lowest BCUT2D eigenvalue weighted by atomic mass is 10.1. The molecular formula is C15H23N3O. The van der Waals surface area contributed by atoms with Gasteiger partial charge in [0.25, 0.3) is 5.91 Å². The first-order valence-electron chi connectivity index (χ1n) is 6.85. The first kappa shape index (κ1) is 13.7. The molecule has 0 spiro atoms. The number of carbonyl (C=O) groups is 1. The van der Waals surface area contributed by atoms with E-state index in [-0.39, 0.29) is 5.91 Å². The molecule has 1 aromatic rings. The van der Waals surface area contributed by atoms with Gasteiger partial charge in [-0.3, -0.25) is 4.79 Å². The van der Waals surface area contributed by atoms with Crippen molar-refractivity contribution in [1.29, 1.82) is 0 Å². The van der Waals surface area contributed by atoms with E-state index in [9.17, 15) is 4.79 Å². The normalized spacial score (nSPS) is 15.9. The van der Waals surface area contributed by atoms with Crippen LogP contribution in [-0.2, 0) is 0 Å². The molecule has 1 fully saturated rings. The second-order valence-electron chi connectivity index (χ2n) is 5.73. The first-order chi connectivity index (χ1) is 8.97. The minimum Gasteiger partial charge on any atom is -0.397 e. The summed E-state index contributed by atoms with van der Waals surface area (Å²) in [5.41, 5.74) is 8.20. The molecule has 1 aromatic carbocycles. The molecule has 1 saturated carbocycles. The van der Waals surface area contributed by atoms with Gasteiger partial charge in [-0.15, -0.1) is 0 Å². The van der Waals surface area contributed by atoms with Gasteiger partial charge in [-0.2, -0.15) is 0 Å². The molecule has 3 N–H and O–H groups in total. The van der Waals surface area contributed by atoms with Crippen molar-refractivity contribution in [3.05, 3.63) is 23.8 Å². The highest BCUT2D eigenvalue weighted by Gasteiger charge is 2.23. The van der Waals surface area contributed by atoms with Crippen LogP contribution >= 0.6 is 0 Å². The lowest BCUT2D eigenvalue weighted by Gasteiger charge is -2.17. The summed E-state index contributed by atoms with van der Waals surface area (Å²) in [6, 6.07) is 5.89. The van der Waals surface area contributed by atoms with Crippen LogP contribution in [0.25, 0.3) is 0 Å². The lowest BCUT2D eigenvalue weighted by Crippen LogP contribution is -2.22. The Morgan fingerprint density at radius 3 is 2.68 bits per heavy atom. The second kappa shape index (κ2) is 5.51. The van der Waals surface area contributed by atoms with Gasteiger partial charge in [-0.05, 0) is 37.5 Å². The van der Waals surface area contributed by atoms with Crippen LogP contribution in [0.2, 0.25) is 0 Å². The maximum Gasteiger partial charge on any atom is 0.253 e. The third-order valence-corrected chi connectivity index (χ3v) is 3.49. The molecular weight excluding hydrogens is 238 g/mol. The number of carbonyl (C=O) groups excluding carboxylic acids is 1. The summed E-state index contributed by atoms with van der Waals surface area (Å²) in [5.74, 6) is 0.864. The molecule has 1 amide bonds. The molecule has 1 unspecified atom stereocenters. The van der Waals surface area contributed by atoms with Crippen LogP contribution in [0.4, 0.5) is 11.4 Å². The van der Waals surface area contributed by atoms with E-state index >= 15 is 0 Å². The van der Waals surface area contributed by atoms with Gasteiger partial charge in [0.1, 0.15) is 0 Å². The molecule has 0 radical (unpaired) electrons. The van der Waals surface area contributed by atoms with Crippen molar-refractivity contribution in [2.45, 2.75) is 32.2 Å². The van der Waals surface area contributed by atoms with Crippen LogP contribution < -0.4 is 11.1 Å². The quantitative estimate of drug-likeness (QED) is 0.801. The smallest absolute Gasteiger partial charge is 0.253 e. The largest absolute Gasteiger partial charge is 0.397 e. The number of hydrogen-bond acceptors (Lipinski definition) is 3. The standard InChI is InChI=1S/C15H23N3O/c1-10(8-11-4-5-11)17-14-7-6-12(9-13(14)16)15(19)18(2)3/h6-7,9-11,17H,4-5,8,16H2,1-3H3. The lowest BCUT2D eigenvalue weighted by molar-refractivity contribution is 0.0827. The Hall–Kier alpha value is -1.71. The Bertz CT molecular complexity index is 466. The van der Waals surface area contributed by atoms with Crippen LogP contribution in [-0.4, -0.2) is 30.9 Å². The zero-order chi connectivity index (χ0) is 14.0. The van der Waals surface area contributed by atoms with E-state index in [4.69, 9.17) is 5.73 Å². The fourth-order valence-corrected chi connectivity index (χ4v) is 2.26. The van der Waals surface area contributed by atoms with Gasteiger partial charge in [0.2, 0.25) is 0 Å². The minimum absolute atomic E-state index is 0.0238. The average molecular weight is 261 g/mol. The number of anilines is 2. The van der Waals surface area contributed by atoms with E-state index < -0.39 is 0 Å². The monoisotopic (exact) mass is 261 g/mol. The van der Waals surface area contributed by atoms with Crippen molar-refractivity contribution in [3.8, 4) is 0 Å². The summed E-state index contributed by atoms with van der Waals surface area (Å²) in [4.78, 5) is 13.4. The number of benzene rings is 1. The Kier molecular flexibility index (Phi) is 3.98. The Labute approximate surface area is 115 Å². The number of nitrogens with zero attached hydrogens (tertiary/aromatic N) is 1. The molecule has 1 atom stereocenters. The van der Waals surface area contributed by atoms with Gasteiger partial charge in [0, 0.05) is 25.7 Å². The van der Waals surface area contributed by atoms with Crippen molar-refractivity contribution in [1.82, 2.24) is 4.90 Å². The SMILES string of the molecule is CC(CC1CC1)Nc1ccc(C(=O)N(C)C)cc1N. The fraction of sp³-hybridized carbons (Fsp3) is 0.533. The number of rotatable bonds is 5. The summed E-state index contributed by atoms with van der Waals surface area (Å²) in [7, 11) is 3.48. The van der Waals surface area contributed by atoms with Crippen molar-refractivity contribution < 1.29 is 4.79 Å². The zero-order valence-electron chi connectivity index (χ0n) is 11.9. The summed E-state index contributed by atoms with van der Waals surface area (Å²) in [6.45, 7) is 2.18. The molecule has 0 aromatic heterocycles. The highest BCUT2D eigenvalue weighted by molar-refractivity contribution is 5.95. The van der Waals surface area contributed by atoms with Crippen molar-refractivity contribution in [2.24, 2.45) is 5.92 Å². The van der Waals surface area contributed by atoms with E-state index in [1.165, 1.54) is 19.3 Å². The molecule has 19 heavy (non-hydrogen) atoms. The van der Waals surface area contributed by atoms with Crippen LogP contribution in [0.5, 0.6) is 0 Å². The molecule has 0 heterocycles. The molecule has 2 rings (SSSR count). The number of hydrogen-bond donors (Lipinski definition) is 2. The summed E-state index contributed by atoms with van der Waals surface area (Å²) < 4.78 is 0. The summed E-state index contributed by atoms with van der Waals surface area (Å²) in [5, 5.41) is 3.43. The van der Waals surface area contributed by atoms with Gasteiger partial charge < -0.3 is 16.0 Å². The topological polar surface area (TPSA) is 58.4 Å². The molecule has 4 heteroatoms. The van der Waals surface area contributed by atoms with Crippen LogP contribution in [0, 0.1) is 5.92 Å². The van der Waals surface area contributed by atoms with Gasteiger partial charge in [0.05, 0.1) is 11.4 Å². The van der Waals surface area contributed by atoms with Crippen LogP contribution in [0.15, 0.2) is 18.2 Å².